The van der Waals surface area contributed by atoms with Crippen LogP contribution in [0.4, 0.5) is 11.4 Å². The van der Waals surface area contributed by atoms with Crippen molar-refractivity contribution in [3.05, 3.63) is 64.3 Å². The summed E-state index contributed by atoms with van der Waals surface area (Å²) in [6.07, 6.45) is 1.30. The predicted molar refractivity (Wildman–Crippen MR) is 100 cm³/mol. The van der Waals surface area contributed by atoms with E-state index in [2.05, 4.69) is 10.6 Å². The molecule has 0 bridgehead atoms. The molecule has 124 valence electrons. The fourth-order valence-corrected chi connectivity index (χ4v) is 2.59. The molecule has 0 aliphatic carbocycles. The summed E-state index contributed by atoms with van der Waals surface area (Å²) >= 11 is 12.8. The molecule has 0 saturated carbocycles. The Morgan fingerprint density at radius 2 is 1.84 bits per heavy atom. The molecule has 0 heterocycles. The molecule has 8 heteroatoms. The number of thioether (sulfide) groups is 1. The molecule has 2 aromatic carbocycles. The van der Waals surface area contributed by atoms with E-state index in [-0.39, 0.29) is 10.6 Å². The van der Waals surface area contributed by atoms with Crippen LogP contribution in [0.3, 0.4) is 0 Å². The smallest absolute Gasteiger partial charge is 0.267 e. The van der Waals surface area contributed by atoms with Crippen LogP contribution in [0.5, 0.6) is 0 Å². The molecule has 0 unspecified atom stereocenters. The fraction of sp³-hybridized carbons (Fsp3) is 0. The third kappa shape index (κ3) is 5.44. The highest BCUT2D eigenvalue weighted by molar-refractivity contribution is 8.03. The van der Waals surface area contributed by atoms with Crippen LogP contribution in [0, 0.1) is 22.0 Å². The van der Waals surface area contributed by atoms with Crippen molar-refractivity contribution in [3.8, 4) is 11.5 Å². The Morgan fingerprint density at radius 3 is 2.44 bits per heavy atom. The van der Waals surface area contributed by atoms with Crippen molar-refractivity contribution in [3.63, 3.8) is 0 Å². The van der Waals surface area contributed by atoms with Crippen LogP contribution in [0.2, 0.25) is 10.0 Å². The molecule has 0 saturated heterocycles. The summed E-state index contributed by atoms with van der Waals surface area (Å²) in [5, 5.41) is 25.9. The van der Waals surface area contributed by atoms with Gasteiger partial charge in [0, 0.05) is 21.8 Å². The van der Waals surface area contributed by atoms with E-state index in [0.29, 0.717) is 16.4 Å². The van der Waals surface area contributed by atoms with Crippen LogP contribution in [0.1, 0.15) is 0 Å². The number of hydrogen-bond acceptors (Lipinski definition) is 5. The Hall–Kier alpha value is -2.64. The summed E-state index contributed by atoms with van der Waals surface area (Å²) in [7, 11) is 0. The number of hydrogen-bond donors (Lipinski definition) is 2. The van der Waals surface area contributed by atoms with E-state index in [0.717, 1.165) is 16.7 Å². The standard InChI is InChI=1S/C17H10Cl2N4OS/c18-12-1-6-16(15(19)7-12)23-17(24)11(8-20)9-22-13-2-4-14(5-3-13)25-10-21/h1-7,9,22H,(H,23,24)/b11-9-. The van der Waals surface area contributed by atoms with E-state index in [4.69, 9.17) is 33.7 Å². The summed E-state index contributed by atoms with van der Waals surface area (Å²) < 4.78 is 0. The second-order valence-corrected chi connectivity index (χ2v) is 6.31. The number of halogens is 2. The Balaban J connectivity index is 2.07. The number of thiocyanates is 1. The Kier molecular flexibility index (Phi) is 6.73. The molecule has 0 aliphatic heterocycles. The van der Waals surface area contributed by atoms with Gasteiger partial charge in [-0.3, -0.25) is 4.79 Å². The maximum atomic E-state index is 12.2. The monoisotopic (exact) mass is 388 g/mol. The van der Waals surface area contributed by atoms with Crippen molar-refractivity contribution in [1.82, 2.24) is 0 Å². The third-order valence-corrected chi connectivity index (χ3v) is 4.09. The molecule has 0 radical (unpaired) electrons. The quantitative estimate of drug-likeness (QED) is 0.324. The van der Waals surface area contributed by atoms with Crippen molar-refractivity contribution in [2.75, 3.05) is 10.6 Å². The largest absolute Gasteiger partial charge is 0.360 e. The van der Waals surface area contributed by atoms with Crippen LogP contribution in [0.15, 0.2) is 59.1 Å². The summed E-state index contributed by atoms with van der Waals surface area (Å²) in [4.78, 5) is 13.0. The lowest BCUT2D eigenvalue weighted by atomic mass is 10.2. The summed E-state index contributed by atoms with van der Waals surface area (Å²) in [6, 6.07) is 13.4. The molecule has 0 aromatic heterocycles. The fourth-order valence-electron chi connectivity index (χ4n) is 1.76. The lowest BCUT2D eigenvalue weighted by Gasteiger charge is -2.07. The zero-order valence-corrected chi connectivity index (χ0v) is 14.9. The van der Waals surface area contributed by atoms with Gasteiger partial charge in [0.2, 0.25) is 0 Å². The third-order valence-electron chi connectivity index (χ3n) is 2.95. The highest BCUT2D eigenvalue weighted by atomic mass is 35.5. The molecule has 0 spiro atoms. The van der Waals surface area contributed by atoms with Gasteiger partial charge in [0.05, 0.1) is 10.7 Å². The Labute approximate surface area is 158 Å². The number of rotatable bonds is 5. The van der Waals surface area contributed by atoms with E-state index in [1.165, 1.54) is 12.3 Å². The first-order chi connectivity index (χ1) is 12.0. The molecule has 2 N–H and O–H groups in total. The van der Waals surface area contributed by atoms with E-state index >= 15 is 0 Å². The zero-order valence-electron chi connectivity index (χ0n) is 12.6. The number of nitrogens with zero attached hydrogens (tertiary/aromatic N) is 2. The molecule has 2 rings (SSSR count). The van der Waals surface area contributed by atoms with Crippen molar-refractivity contribution in [2.24, 2.45) is 0 Å². The highest BCUT2D eigenvalue weighted by Crippen LogP contribution is 2.25. The van der Waals surface area contributed by atoms with Gasteiger partial charge >= 0.3 is 0 Å². The van der Waals surface area contributed by atoms with Crippen LogP contribution >= 0.6 is 35.0 Å². The first-order valence-electron chi connectivity index (χ1n) is 6.82. The highest BCUT2D eigenvalue weighted by Gasteiger charge is 2.11. The average Bonchev–Trinajstić information content (AvgIpc) is 2.59. The van der Waals surface area contributed by atoms with Gasteiger partial charge in [-0.1, -0.05) is 23.2 Å². The minimum Gasteiger partial charge on any atom is -0.360 e. The van der Waals surface area contributed by atoms with Gasteiger partial charge in [0.1, 0.15) is 17.0 Å². The molecule has 1 amide bonds. The molecular formula is C17H10Cl2N4OS. The lowest BCUT2D eigenvalue weighted by Crippen LogP contribution is -2.14. The van der Waals surface area contributed by atoms with Crippen molar-refractivity contribution in [1.29, 1.82) is 10.5 Å². The topological polar surface area (TPSA) is 88.7 Å². The molecule has 0 aliphatic rings. The number of benzene rings is 2. The maximum Gasteiger partial charge on any atom is 0.267 e. The normalized spacial score (nSPS) is 10.5. The molecule has 25 heavy (non-hydrogen) atoms. The number of nitriles is 2. The second kappa shape index (κ2) is 9.00. The van der Waals surface area contributed by atoms with E-state index < -0.39 is 5.91 Å². The van der Waals surface area contributed by atoms with E-state index in [1.54, 1.807) is 36.4 Å². The average molecular weight is 389 g/mol. The van der Waals surface area contributed by atoms with E-state index in [1.807, 2.05) is 11.5 Å². The van der Waals surface area contributed by atoms with Gasteiger partial charge in [0.25, 0.3) is 5.91 Å². The molecule has 2 aromatic rings. The first-order valence-corrected chi connectivity index (χ1v) is 8.40. The van der Waals surface area contributed by atoms with Gasteiger partial charge in [-0.2, -0.15) is 10.5 Å². The lowest BCUT2D eigenvalue weighted by molar-refractivity contribution is -0.112. The Morgan fingerprint density at radius 1 is 1.12 bits per heavy atom. The second-order valence-electron chi connectivity index (χ2n) is 4.61. The minimum absolute atomic E-state index is 0.124. The van der Waals surface area contributed by atoms with Gasteiger partial charge in [-0.25, -0.2) is 0 Å². The molecule has 0 fully saturated rings. The van der Waals surface area contributed by atoms with Crippen molar-refractivity contribution in [2.45, 2.75) is 4.90 Å². The number of carbonyl (C=O) groups is 1. The zero-order chi connectivity index (χ0) is 18.2. The van der Waals surface area contributed by atoms with Crippen molar-refractivity contribution >= 4 is 52.2 Å². The van der Waals surface area contributed by atoms with Gasteiger partial charge in [-0.05, 0) is 54.2 Å². The number of amides is 1. The first kappa shape index (κ1) is 18.7. The van der Waals surface area contributed by atoms with Crippen LogP contribution in [-0.2, 0) is 4.79 Å². The predicted octanol–water partition coefficient (Wildman–Crippen LogP) is 5.02. The van der Waals surface area contributed by atoms with Crippen LogP contribution in [-0.4, -0.2) is 5.91 Å². The minimum atomic E-state index is -0.601. The van der Waals surface area contributed by atoms with Crippen LogP contribution in [0.25, 0.3) is 0 Å². The van der Waals surface area contributed by atoms with Gasteiger partial charge in [-0.15, -0.1) is 0 Å². The number of carbonyl (C=O) groups excluding carboxylic acids is 1. The summed E-state index contributed by atoms with van der Waals surface area (Å²) in [5.74, 6) is -0.601. The maximum absolute atomic E-state index is 12.2. The van der Waals surface area contributed by atoms with Crippen molar-refractivity contribution < 1.29 is 4.79 Å². The number of anilines is 2. The Bertz CT molecular complexity index is 898. The van der Waals surface area contributed by atoms with Gasteiger partial charge < -0.3 is 10.6 Å². The molecule has 0 atom stereocenters. The summed E-state index contributed by atoms with van der Waals surface area (Å²) in [5.41, 5.74) is 0.906. The van der Waals surface area contributed by atoms with Gasteiger partial charge in [0.15, 0.2) is 0 Å². The van der Waals surface area contributed by atoms with Crippen LogP contribution < -0.4 is 10.6 Å². The van der Waals surface area contributed by atoms with E-state index in [9.17, 15) is 4.79 Å². The SMILES string of the molecule is N#CSc1ccc(N/C=C(/C#N)C(=O)Nc2ccc(Cl)cc2Cl)cc1. The molecular weight excluding hydrogens is 379 g/mol. The number of nitrogens with one attached hydrogen (secondary N) is 2. The molecule has 5 nitrogen and oxygen atoms in total. The summed E-state index contributed by atoms with van der Waals surface area (Å²) in [6.45, 7) is 0.